The van der Waals surface area contributed by atoms with E-state index in [4.69, 9.17) is 21.6 Å². The Morgan fingerprint density at radius 1 is 1.27 bits per heavy atom. The molecule has 2 rings (SSSR count). The fraction of sp³-hybridized carbons (Fsp3) is 0.125. The predicted molar refractivity (Wildman–Crippen MR) is 89.2 cm³/mol. The summed E-state index contributed by atoms with van der Waals surface area (Å²) < 4.78 is 57.0. The van der Waals surface area contributed by atoms with E-state index in [1.54, 1.807) is 4.72 Å². The van der Waals surface area contributed by atoms with Gasteiger partial charge in [-0.3, -0.25) is 4.79 Å². The van der Waals surface area contributed by atoms with Gasteiger partial charge in [-0.25, -0.2) is 21.9 Å². The van der Waals surface area contributed by atoms with Crippen LogP contribution >= 0.6 is 11.6 Å². The molecule has 0 saturated heterocycles. The molecule has 0 unspecified atom stereocenters. The minimum Gasteiger partial charge on any atom is -0.487 e. The number of hydrogen-bond donors (Lipinski definition) is 1. The van der Waals surface area contributed by atoms with Crippen LogP contribution in [0.2, 0.25) is 5.02 Å². The van der Waals surface area contributed by atoms with Gasteiger partial charge in [0.1, 0.15) is 24.0 Å². The van der Waals surface area contributed by atoms with E-state index >= 15 is 0 Å². The number of benzene rings is 2. The SMILES string of the molecule is CS(=O)(=O)NC(=O)c1cc(F)c(COc2ccc(C#N)cc2Cl)cc1F. The highest BCUT2D eigenvalue weighted by Gasteiger charge is 2.19. The van der Waals surface area contributed by atoms with Gasteiger partial charge in [0.25, 0.3) is 5.91 Å². The Balaban J connectivity index is 2.20. The van der Waals surface area contributed by atoms with Gasteiger partial charge in [-0.1, -0.05) is 11.6 Å². The molecule has 2 aromatic carbocycles. The number of hydrogen-bond acceptors (Lipinski definition) is 5. The molecule has 0 aliphatic carbocycles. The summed E-state index contributed by atoms with van der Waals surface area (Å²) in [6.45, 7) is -0.400. The standard InChI is InChI=1S/C16H11ClF2N2O4S/c1-26(23,24)21-16(22)11-6-13(18)10(5-14(11)19)8-25-15-3-2-9(7-20)4-12(15)17/h2-6H,8H2,1H3,(H,21,22). The highest BCUT2D eigenvalue weighted by Crippen LogP contribution is 2.26. The molecule has 0 radical (unpaired) electrons. The second-order valence-electron chi connectivity index (χ2n) is 5.17. The lowest BCUT2D eigenvalue weighted by Crippen LogP contribution is -2.30. The molecule has 2 aromatic rings. The number of nitrogens with one attached hydrogen (secondary N) is 1. The molecule has 0 aromatic heterocycles. The maximum atomic E-state index is 14.1. The summed E-state index contributed by atoms with van der Waals surface area (Å²) in [6, 6.07) is 7.39. The lowest BCUT2D eigenvalue weighted by molar-refractivity contribution is 0.0977. The fourth-order valence-electron chi connectivity index (χ4n) is 1.94. The van der Waals surface area contributed by atoms with Gasteiger partial charge in [0, 0.05) is 5.56 Å². The zero-order chi connectivity index (χ0) is 19.5. The molecule has 1 amide bonds. The average molecular weight is 401 g/mol. The number of nitrogens with zero attached hydrogens (tertiary/aromatic N) is 1. The third-order valence-corrected chi connectivity index (χ3v) is 3.95. The quantitative estimate of drug-likeness (QED) is 0.832. The summed E-state index contributed by atoms with van der Waals surface area (Å²) in [5, 5.41) is 8.88. The molecular weight excluding hydrogens is 390 g/mol. The summed E-state index contributed by atoms with van der Waals surface area (Å²) in [6.07, 6.45) is 0.711. The van der Waals surface area contributed by atoms with Crippen LogP contribution < -0.4 is 9.46 Å². The zero-order valence-electron chi connectivity index (χ0n) is 13.2. The van der Waals surface area contributed by atoms with Crippen LogP contribution in [-0.2, 0) is 16.6 Å². The Morgan fingerprint density at radius 2 is 1.96 bits per heavy atom. The van der Waals surface area contributed by atoms with Crippen molar-refractivity contribution in [3.05, 3.63) is 63.7 Å². The smallest absolute Gasteiger partial charge is 0.267 e. The van der Waals surface area contributed by atoms with Gasteiger partial charge in [-0.05, 0) is 30.3 Å². The Bertz CT molecular complexity index is 1020. The van der Waals surface area contributed by atoms with Crippen molar-refractivity contribution in [3.8, 4) is 11.8 Å². The molecule has 0 aliphatic rings. The predicted octanol–water partition coefficient (Wildman–Crippen LogP) is 2.76. The van der Waals surface area contributed by atoms with Crippen LogP contribution in [0, 0.1) is 23.0 Å². The van der Waals surface area contributed by atoms with Crippen molar-refractivity contribution in [3.63, 3.8) is 0 Å². The second kappa shape index (κ2) is 7.68. The molecule has 26 heavy (non-hydrogen) atoms. The lowest BCUT2D eigenvalue weighted by Gasteiger charge is -2.11. The first kappa shape index (κ1) is 19.6. The van der Waals surface area contributed by atoms with E-state index in [0.29, 0.717) is 17.9 Å². The second-order valence-corrected chi connectivity index (χ2v) is 7.33. The summed E-state index contributed by atoms with van der Waals surface area (Å²) in [4.78, 5) is 11.7. The van der Waals surface area contributed by atoms with E-state index in [-0.39, 0.29) is 16.3 Å². The van der Waals surface area contributed by atoms with Crippen molar-refractivity contribution >= 4 is 27.5 Å². The minimum atomic E-state index is -3.92. The number of amides is 1. The van der Waals surface area contributed by atoms with Gasteiger partial charge in [-0.2, -0.15) is 5.26 Å². The summed E-state index contributed by atoms with van der Waals surface area (Å²) in [7, 11) is -3.92. The number of nitriles is 1. The van der Waals surface area contributed by atoms with Gasteiger partial charge in [0.2, 0.25) is 10.0 Å². The monoisotopic (exact) mass is 400 g/mol. The van der Waals surface area contributed by atoms with Crippen LogP contribution in [0.3, 0.4) is 0 Å². The van der Waals surface area contributed by atoms with Crippen molar-refractivity contribution < 1.29 is 26.7 Å². The Labute approximate surface area is 153 Å². The lowest BCUT2D eigenvalue weighted by atomic mass is 10.1. The van der Waals surface area contributed by atoms with E-state index in [2.05, 4.69) is 0 Å². The maximum Gasteiger partial charge on any atom is 0.267 e. The summed E-state index contributed by atoms with van der Waals surface area (Å²) in [5.41, 5.74) is -0.660. The molecular formula is C16H11ClF2N2O4S. The Morgan fingerprint density at radius 3 is 2.54 bits per heavy atom. The molecule has 0 aliphatic heterocycles. The van der Waals surface area contributed by atoms with Crippen molar-refractivity contribution in [2.75, 3.05) is 6.26 Å². The van der Waals surface area contributed by atoms with E-state index in [1.807, 2.05) is 6.07 Å². The topological polar surface area (TPSA) is 96.3 Å². The van der Waals surface area contributed by atoms with E-state index in [9.17, 15) is 22.0 Å². The third kappa shape index (κ3) is 4.91. The minimum absolute atomic E-state index is 0.120. The fourth-order valence-corrected chi connectivity index (χ4v) is 2.62. The van der Waals surface area contributed by atoms with E-state index in [0.717, 1.165) is 6.07 Å². The van der Waals surface area contributed by atoms with Gasteiger partial charge >= 0.3 is 0 Å². The van der Waals surface area contributed by atoms with Crippen molar-refractivity contribution in [2.45, 2.75) is 6.61 Å². The Hall–Kier alpha value is -2.70. The van der Waals surface area contributed by atoms with Crippen LogP contribution in [0.5, 0.6) is 5.75 Å². The van der Waals surface area contributed by atoms with Gasteiger partial charge in [0.15, 0.2) is 0 Å². The Kier molecular flexibility index (Phi) is 5.79. The van der Waals surface area contributed by atoms with Gasteiger partial charge in [0.05, 0.1) is 28.5 Å². The molecule has 0 saturated carbocycles. The first-order chi connectivity index (χ1) is 12.1. The van der Waals surface area contributed by atoms with Gasteiger partial charge < -0.3 is 4.74 Å². The summed E-state index contributed by atoms with van der Waals surface area (Å²) in [5.74, 6) is -3.21. The largest absolute Gasteiger partial charge is 0.487 e. The molecule has 10 heteroatoms. The number of carbonyl (C=O) groups is 1. The molecule has 0 bridgehead atoms. The average Bonchev–Trinajstić information content (AvgIpc) is 2.54. The van der Waals surface area contributed by atoms with Crippen molar-refractivity contribution in [1.29, 1.82) is 5.26 Å². The number of sulfonamides is 1. The van der Waals surface area contributed by atoms with Crippen molar-refractivity contribution in [2.24, 2.45) is 0 Å². The number of carbonyl (C=O) groups excluding carboxylic acids is 1. The molecule has 0 heterocycles. The molecule has 6 nitrogen and oxygen atoms in total. The normalized spacial score (nSPS) is 10.9. The van der Waals surface area contributed by atoms with Crippen LogP contribution in [0.4, 0.5) is 8.78 Å². The molecule has 0 spiro atoms. The van der Waals surface area contributed by atoms with Gasteiger partial charge in [-0.15, -0.1) is 0 Å². The third-order valence-electron chi connectivity index (χ3n) is 3.10. The molecule has 1 N–H and O–H groups in total. The first-order valence-electron chi connectivity index (χ1n) is 6.93. The summed E-state index contributed by atoms with van der Waals surface area (Å²) >= 11 is 5.92. The number of rotatable bonds is 5. The highest BCUT2D eigenvalue weighted by atomic mass is 35.5. The van der Waals surface area contributed by atoms with Crippen LogP contribution in [0.25, 0.3) is 0 Å². The molecule has 0 fully saturated rings. The van der Waals surface area contributed by atoms with E-state index in [1.165, 1.54) is 18.2 Å². The van der Waals surface area contributed by atoms with Crippen molar-refractivity contribution in [1.82, 2.24) is 4.72 Å². The van der Waals surface area contributed by atoms with Crippen LogP contribution in [0.1, 0.15) is 21.5 Å². The number of halogens is 3. The van der Waals surface area contributed by atoms with Crippen LogP contribution in [0.15, 0.2) is 30.3 Å². The van der Waals surface area contributed by atoms with E-state index < -0.39 is 39.7 Å². The maximum absolute atomic E-state index is 14.1. The molecule has 136 valence electrons. The molecule has 0 atom stereocenters. The number of ether oxygens (including phenoxy) is 1. The highest BCUT2D eigenvalue weighted by molar-refractivity contribution is 7.89. The first-order valence-corrected chi connectivity index (χ1v) is 9.20. The van der Waals surface area contributed by atoms with Crippen LogP contribution in [-0.4, -0.2) is 20.6 Å². The zero-order valence-corrected chi connectivity index (χ0v) is 14.8.